The summed E-state index contributed by atoms with van der Waals surface area (Å²) in [6, 6.07) is 7.68. The summed E-state index contributed by atoms with van der Waals surface area (Å²) in [4.78, 5) is 10.3. The summed E-state index contributed by atoms with van der Waals surface area (Å²) in [6.07, 6.45) is 0.824. The molecule has 2 rings (SSSR count). The van der Waals surface area contributed by atoms with E-state index in [1.165, 1.54) is 0 Å². The Morgan fingerprint density at radius 3 is 1.78 bits per heavy atom. The molecular formula is C7H5NO. The predicted octanol–water partition coefficient (Wildman–Crippen LogP) is 1.12. The smallest absolute Gasteiger partial charge is 0.218 e. The van der Waals surface area contributed by atoms with Gasteiger partial charge in [-0.05, 0) is 24.3 Å². The largest absolute Gasteiger partial charge is 0.284 e. The number of rotatable bonds is 1. The zero-order chi connectivity index (χ0) is 6.27. The number of carbonyl (C=O) groups is 1. The van der Waals surface area contributed by atoms with Crippen molar-refractivity contribution in [2.75, 3.05) is 0 Å². The fourth-order valence-electron chi connectivity index (χ4n) is 1.04. The third-order valence-corrected chi connectivity index (χ3v) is 1.51. The summed E-state index contributed by atoms with van der Waals surface area (Å²) in [5, 5.41) is 0. The van der Waals surface area contributed by atoms with Crippen LogP contribution in [0.1, 0.15) is 0 Å². The average Bonchev–Trinajstić information content (AvgIpc) is 2.44. The van der Waals surface area contributed by atoms with Gasteiger partial charge in [-0.25, -0.2) is 0 Å². The van der Waals surface area contributed by atoms with Gasteiger partial charge < -0.3 is 0 Å². The molecule has 2 aromatic rings. The second-order valence-corrected chi connectivity index (χ2v) is 1.99. The van der Waals surface area contributed by atoms with E-state index in [0.29, 0.717) is 0 Å². The van der Waals surface area contributed by atoms with Crippen LogP contribution in [0.15, 0.2) is 24.3 Å². The highest BCUT2D eigenvalue weighted by Crippen LogP contribution is 2.13. The molecule has 0 fully saturated rings. The van der Waals surface area contributed by atoms with Gasteiger partial charge in [0.25, 0.3) is 0 Å². The standard InChI is InChI=1S/C7H5NO/c9-5-8-6-1-2-7(8)4-3-6/h1-5H. The summed E-state index contributed by atoms with van der Waals surface area (Å²) in [7, 11) is 0. The van der Waals surface area contributed by atoms with Crippen LogP contribution in [0.25, 0.3) is 11.0 Å². The quantitative estimate of drug-likeness (QED) is 0.515. The van der Waals surface area contributed by atoms with Crippen molar-refractivity contribution in [2.24, 2.45) is 0 Å². The van der Waals surface area contributed by atoms with E-state index in [0.717, 1.165) is 17.4 Å². The lowest BCUT2D eigenvalue weighted by molar-refractivity contribution is 0.550. The molecule has 0 aromatic carbocycles. The van der Waals surface area contributed by atoms with E-state index in [9.17, 15) is 4.79 Å². The van der Waals surface area contributed by atoms with E-state index >= 15 is 0 Å². The van der Waals surface area contributed by atoms with Crippen molar-refractivity contribution in [3.05, 3.63) is 24.3 Å². The van der Waals surface area contributed by atoms with Gasteiger partial charge in [0, 0.05) is 11.0 Å². The minimum absolute atomic E-state index is 0.824. The Bertz CT molecular complexity index is 275. The lowest BCUT2D eigenvalue weighted by Crippen LogP contribution is -1.87. The molecule has 0 amide bonds. The molecule has 2 nitrogen and oxygen atoms in total. The van der Waals surface area contributed by atoms with Gasteiger partial charge in [-0.3, -0.25) is 9.36 Å². The minimum atomic E-state index is 0.824. The van der Waals surface area contributed by atoms with E-state index in [1.54, 1.807) is 4.57 Å². The van der Waals surface area contributed by atoms with Gasteiger partial charge >= 0.3 is 0 Å². The highest BCUT2D eigenvalue weighted by Gasteiger charge is 1.99. The third-order valence-electron chi connectivity index (χ3n) is 1.51. The van der Waals surface area contributed by atoms with Crippen molar-refractivity contribution in [2.45, 2.75) is 0 Å². The number of fused-ring (bicyclic) bond motifs is 2. The summed E-state index contributed by atoms with van der Waals surface area (Å²) in [5.74, 6) is 0. The highest BCUT2D eigenvalue weighted by molar-refractivity contribution is 5.80. The third kappa shape index (κ3) is 0.421. The molecule has 44 valence electrons. The maximum Gasteiger partial charge on any atom is 0.218 e. The number of benzene rings is 1. The van der Waals surface area contributed by atoms with Crippen LogP contribution in [0.3, 0.4) is 0 Å². The molecule has 0 aliphatic carbocycles. The summed E-state index contributed by atoms with van der Waals surface area (Å²) >= 11 is 0. The Morgan fingerprint density at radius 1 is 1.11 bits per heavy atom. The average molecular weight is 119 g/mol. The van der Waals surface area contributed by atoms with Crippen LogP contribution in [0.5, 0.6) is 0 Å². The molecule has 0 N–H and O–H groups in total. The first-order valence-corrected chi connectivity index (χ1v) is 2.76. The van der Waals surface area contributed by atoms with Crippen molar-refractivity contribution in [3.63, 3.8) is 0 Å². The molecular weight excluding hydrogens is 114 g/mol. The van der Waals surface area contributed by atoms with Gasteiger partial charge in [-0.15, -0.1) is 0 Å². The Balaban J connectivity index is 2.94. The fourth-order valence-corrected chi connectivity index (χ4v) is 1.04. The van der Waals surface area contributed by atoms with Crippen molar-refractivity contribution in [1.82, 2.24) is 4.57 Å². The second-order valence-electron chi connectivity index (χ2n) is 1.99. The Morgan fingerprint density at radius 2 is 1.56 bits per heavy atom. The highest BCUT2D eigenvalue weighted by atomic mass is 16.1. The zero-order valence-electron chi connectivity index (χ0n) is 4.74. The van der Waals surface area contributed by atoms with Crippen molar-refractivity contribution >= 4 is 17.4 Å². The first-order valence-electron chi connectivity index (χ1n) is 2.76. The van der Waals surface area contributed by atoms with Crippen LogP contribution in [-0.4, -0.2) is 11.0 Å². The van der Waals surface area contributed by atoms with Crippen molar-refractivity contribution in [3.8, 4) is 0 Å². The lowest BCUT2D eigenvalue weighted by Gasteiger charge is -1.83. The van der Waals surface area contributed by atoms with Gasteiger partial charge in [-0.1, -0.05) is 0 Å². The number of aromatic nitrogens is 1. The minimum Gasteiger partial charge on any atom is -0.284 e. The molecule has 0 saturated carbocycles. The van der Waals surface area contributed by atoms with E-state index < -0.39 is 0 Å². The maximum absolute atomic E-state index is 10.3. The Labute approximate surface area is 52.0 Å². The van der Waals surface area contributed by atoms with Crippen molar-refractivity contribution in [1.29, 1.82) is 0 Å². The summed E-state index contributed by atoms with van der Waals surface area (Å²) in [6.45, 7) is 0. The van der Waals surface area contributed by atoms with Crippen LogP contribution in [0.2, 0.25) is 0 Å². The van der Waals surface area contributed by atoms with Gasteiger partial charge in [0.05, 0.1) is 0 Å². The van der Waals surface area contributed by atoms with Gasteiger partial charge in [0.15, 0.2) is 0 Å². The van der Waals surface area contributed by atoms with Gasteiger partial charge in [0.1, 0.15) is 0 Å². The van der Waals surface area contributed by atoms with Crippen LogP contribution in [-0.2, 0) is 4.79 Å². The first-order chi connectivity index (χ1) is 4.42. The van der Waals surface area contributed by atoms with Crippen molar-refractivity contribution < 1.29 is 4.79 Å². The van der Waals surface area contributed by atoms with Crippen LogP contribution in [0, 0.1) is 0 Å². The molecule has 2 aromatic heterocycles. The molecule has 9 heavy (non-hydrogen) atoms. The second kappa shape index (κ2) is 1.35. The summed E-state index contributed by atoms with van der Waals surface area (Å²) < 4.78 is 1.61. The van der Waals surface area contributed by atoms with Crippen LogP contribution < -0.4 is 0 Å². The maximum atomic E-state index is 10.3. The molecule has 0 aliphatic rings. The molecule has 2 heterocycles. The topological polar surface area (TPSA) is 22.0 Å². The SMILES string of the molecule is O=Cn1c2ccc1cc2. The molecule has 0 radical (unpaired) electrons. The molecule has 0 aliphatic heterocycles. The number of carbonyl (C=O) groups excluding carboxylic acids is 1. The monoisotopic (exact) mass is 119 g/mol. The van der Waals surface area contributed by atoms with Gasteiger partial charge in [-0.2, -0.15) is 0 Å². The molecule has 2 heteroatoms. The number of nitrogens with zero attached hydrogens (tertiary/aromatic N) is 1. The number of hydrogen-bond donors (Lipinski definition) is 0. The van der Waals surface area contributed by atoms with Gasteiger partial charge in [0.2, 0.25) is 6.41 Å². The Kier molecular flexibility index (Phi) is 0.681. The van der Waals surface area contributed by atoms with Crippen LogP contribution in [0.4, 0.5) is 0 Å². The molecule has 0 saturated heterocycles. The molecule has 0 spiro atoms. The lowest BCUT2D eigenvalue weighted by atomic mass is 10.4. The summed E-state index contributed by atoms with van der Waals surface area (Å²) in [5.41, 5.74) is 1.94. The first kappa shape index (κ1) is 4.56. The predicted molar refractivity (Wildman–Crippen MR) is 35.3 cm³/mol. The number of hydrogen-bond acceptors (Lipinski definition) is 1. The molecule has 0 unspecified atom stereocenters. The fraction of sp³-hybridized carbons (Fsp3) is 0. The van der Waals surface area contributed by atoms with E-state index in [1.807, 2.05) is 24.3 Å². The Hall–Kier alpha value is -1.31. The molecule has 2 bridgehead atoms. The van der Waals surface area contributed by atoms with E-state index in [2.05, 4.69) is 0 Å². The van der Waals surface area contributed by atoms with Crippen LogP contribution >= 0.6 is 0 Å². The normalized spacial score (nSPS) is 10.7. The zero-order valence-corrected chi connectivity index (χ0v) is 4.74. The van der Waals surface area contributed by atoms with E-state index in [-0.39, 0.29) is 0 Å². The molecule has 0 atom stereocenters. The van der Waals surface area contributed by atoms with E-state index in [4.69, 9.17) is 0 Å².